The predicted molar refractivity (Wildman–Crippen MR) is 87.7 cm³/mol. The first-order valence-corrected chi connectivity index (χ1v) is 8.69. The Bertz CT molecular complexity index is 610. The van der Waals surface area contributed by atoms with E-state index in [9.17, 15) is 0 Å². The van der Waals surface area contributed by atoms with Gasteiger partial charge in [0.05, 0.1) is 5.69 Å². The van der Waals surface area contributed by atoms with Crippen LogP contribution in [0.1, 0.15) is 36.6 Å². The van der Waals surface area contributed by atoms with Crippen molar-refractivity contribution in [1.82, 2.24) is 4.98 Å². The number of nitrogens with zero attached hydrogens (tertiary/aromatic N) is 2. The molecule has 4 rings (SSSR count). The molecule has 2 aliphatic rings. The molecular formula is C17H21N3S. The number of hydrogen-bond donors (Lipinski definition) is 1. The molecule has 2 bridgehead atoms. The van der Waals surface area contributed by atoms with Crippen molar-refractivity contribution in [2.75, 3.05) is 11.4 Å². The quantitative estimate of drug-likeness (QED) is 0.941. The predicted octanol–water partition coefficient (Wildman–Crippen LogP) is 3.37. The second kappa shape index (κ2) is 5.43. The second-order valence-electron chi connectivity index (χ2n) is 6.33. The number of hydrogen-bond acceptors (Lipinski definition) is 4. The summed E-state index contributed by atoms with van der Waals surface area (Å²) in [7, 11) is 0. The molecular weight excluding hydrogens is 278 g/mol. The lowest BCUT2D eigenvalue weighted by molar-refractivity contribution is 0.552. The van der Waals surface area contributed by atoms with Crippen LogP contribution in [0.4, 0.5) is 5.13 Å². The fourth-order valence-corrected chi connectivity index (χ4v) is 4.64. The van der Waals surface area contributed by atoms with Gasteiger partial charge in [-0.15, -0.1) is 11.3 Å². The first kappa shape index (κ1) is 13.3. The molecule has 3 atom stereocenters. The highest BCUT2D eigenvalue weighted by molar-refractivity contribution is 7.13. The maximum Gasteiger partial charge on any atom is 0.185 e. The molecule has 2 fully saturated rings. The standard InChI is InChI=1S/C17H21N3S/c18-16(13-4-2-1-3-5-13)9-14-11-21-17(19-14)20-10-12-6-7-15(20)8-12/h1-5,11-12,15-16H,6-10,18H2. The van der Waals surface area contributed by atoms with Crippen LogP contribution >= 0.6 is 11.3 Å². The summed E-state index contributed by atoms with van der Waals surface area (Å²) < 4.78 is 0. The van der Waals surface area contributed by atoms with Crippen LogP contribution in [-0.2, 0) is 6.42 Å². The summed E-state index contributed by atoms with van der Waals surface area (Å²) in [5, 5.41) is 3.39. The number of piperidine rings is 1. The first-order valence-electron chi connectivity index (χ1n) is 7.81. The van der Waals surface area contributed by atoms with Gasteiger partial charge in [0.2, 0.25) is 0 Å². The van der Waals surface area contributed by atoms with Gasteiger partial charge in [-0.2, -0.15) is 0 Å². The summed E-state index contributed by atoms with van der Waals surface area (Å²) >= 11 is 1.78. The van der Waals surface area contributed by atoms with Crippen LogP contribution in [0.3, 0.4) is 0 Å². The minimum atomic E-state index is 0.0381. The van der Waals surface area contributed by atoms with Gasteiger partial charge in [-0.1, -0.05) is 30.3 Å². The summed E-state index contributed by atoms with van der Waals surface area (Å²) in [5.41, 5.74) is 8.62. The Morgan fingerprint density at radius 3 is 2.86 bits per heavy atom. The summed E-state index contributed by atoms with van der Waals surface area (Å²) in [6.07, 6.45) is 4.96. The van der Waals surface area contributed by atoms with Gasteiger partial charge in [-0.05, 0) is 30.7 Å². The molecule has 0 spiro atoms. The third-order valence-electron chi connectivity index (χ3n) is 4.85. The number of fused-ring (bicyclic) bond motifs is 2. The van der Waals surface area contributed by atoms with Crippen LogP contribution in [0, 0.1) is 5.92 Å². The molecule has 1 saturated heterocycles. The van der Waals surface area contributed by atoms with E-state index in [0.717, 1.165) is 24.1 Å². The highest BCUT2D eigenvalue weighted by Gasteiger charge is 2.38. The monoisotopic (exact) mass is 299 g/mol. The van der Waals surface area contributed by atoms with Crippen molar-refractivity contribution in [1.29, 1.82) is 0 Å². The molecule has 1 aliphatic heterocycles. The van der Waals surface area contributed by atoms with Gasteiger partial charge in [0.25, 0.3) is 0 Å². The summed E-state index contributed by atoms with van der Waals surface area (Å²) in [6, 6.07) is 11.1. The number of rotatable bonds is 4. The van der Waals surface area contributed by atoms with Crippen molar-refractivity contribution in [2.45, 2.75) is 37.8 Å². The van der Waals surface area contributed by atoms with E-state index in [1.807, 2.05) is 18.2 Å². The van der Waals surface area contributed by atoms with Crippen LogP contribution in [0.2, 0.25) is 0 Å². The molecule has 3 unspecified atom stereocenters. The largest absolute Gasteiger partial charge is 0.345 e. The second-order valence-corrected chi connectivity index (χ2v) is 7.16. The highest BCUT2D eigenvalue weighted by Crippen LogP contribution is 2.41. The Kier molecular flexibility index (Phi) is 3.43. The van der Waals surface area contributed by atoms with Crippen molar-refractivity contribution in [2.24, 2.45) is 11.7 Å². The molecule has 2 aromatic rings. The lowest BCUT2D eigenvalue weighted by atomic mass is 10.0. The van der Waals surface area contributed by atoms with Gasteiger partial charge >= 0.3 is 0 Å². The molecule has 1 aromatic heterocycles. The van der Waals surface area contributed by atoms with Gasteiger partial charge in [-0.25, -0.2) is 4.98 Å². The molecule has 110 valence electrons. The Hall–Kier alpha value is -1.39. The van der Waals surface area contributed by atoms with E-state index in [-0.39, 0.29) is 6.04 Å². The minimum absolute atomic E-state index is 0.0381. The maximum atomic E-state index is 6.30. The molecule has 3 nitrogen and oxygen atoms in total. The van der Waals surface area contributed by atoms with Crippen LogP contribution < -0.4 is 10.6 Å². The van der Waals surface area contributed by atoms with Gasteiger partial charge in [0, 0.05) is 30.4 Å². The molecule has 0 radical (unpaired) electrons. The van der Waals surface area contributed by atoms with Crippen LogP contribution in [0.15, 0.2) is 35.7 Å². The van der Waals surface area contributed by atoms with E-state index < -0.39 is 0 Å². The highest BCUT2D eigenvalue weighted by atomic mass is 32.1. The van der Waals surface area contributed by atoms with E-state index in [0.29, 0.717) is 0 Å². The molecule has 1 saturated carbocycles. The summed E-state index contributed by atoms with van der Waals surface area (Å²) in [5.74, 6) is 0.911. The zero-order chi connectivity index (χ0) is 14.2. The zero-order valence-corrected chi connectivity index (χ0v) is 12.9. The third kappa shape index (κ3) is 2.58. The maximum absolute atomic E-state index is 6.30. The average Bonchev–Trinajstić information content (AvgIpc) is 3.24. The van der Waals surface area contributed by atoms with Gasteiger partial charge < -0.3 is 10.6 Å². The number of nitrogens with two attached hydrogens (primary N) is 1. The van der Waals surface area contributed by atoms with E-state index in [2.05, 4.69) is 22.4 Å². The number of aromatic nitrogens is 1. The topological polar surface area (TPSA) is 42.1 Å². The van der Waals surface area contributed by atoms with Crippen molar-refractivity contribution < 1.29 is 0 Å². The first-order chi connectivity index (χ1) is 10.3. The van der Waals surface area contributed by atoms with Crippen LogP contribution in [0.25, 0.3) is 0 Å². The van der Waals surface area contributed by atoms with Crippen molar-refractivity contribution in [3.8, 4) is 0 Å². The average molecular weight is 299 g/mol. The molecule has 2 heterocycles. The minimum Gasteiger partial charge on any atom is -0.345 e. The van der Waals surface area contributed by atoms with Crippen molar-refractivity contribution in [3.63, 3.8) is 0 Å². The normalized spacial score (nSPS) is 25.5. The molecule has 0 amide bonds. The molecule has 1 aliphatic carbocycles. The lowest BCUT2D eigenvalue weighted by Gasteiger charge is -2.26. The van der Waals surface area contributed by atoms with Crippen molar-refractivity contribution in [3.05, 3.63) is 47.0 Å². The number of benzene rings is 1. The Morgan fingerprint density at radius 2 is 2.14 bits per heavy atom. The smallest absolute Gasteiger partial charge is 0.185 e. The Morgan fingerprint density at radius 1 is 1.29 bits per heavy atom. The fourth-order valence-electron chi connectivity index (χ4n) is 3.72. The number of anilines is 1. The van der Waals surface area contributed by atoms with E-state index in [1.54, 1.807) is 11.3 Å². The summed E-state index contributed by atoms with van der Waals surface area (Å²) in [6.45, 7) is 1.21. The number of thiazole rings is 1. The van der Waals surface area contributed by atoms with E-state index >= 15 is 0 Å². The Labute approximate surface area is 129 Å². The molecule has 21 heavy (non-hydrogen) atoms. The van der Waals surface area contributed by atoms with Crippen molar-refractivity contribution >= 4 is 16.5 Å². The Balaban J connectivity index is 1.45. The van der Waals surface area contributed by atoms with E-state index in [1.165, 1.54) is 36.5 Å². The zero-order valence-electron chi connectivity index (χ0n) is 12.1. The van der Waals surface area contributed by atoms with Crippen LogP contribution in [0.5, 0.6) is 0 Å². The molecule has 1 aromatic carbocycles. The van der Waals surface area contributed by atoms with E-state index in [4.69, 9.17) is 10.7 Å². The van der Waals surface area contributed by atoms with Gasteiger partial charge in [0.15, 0.2) is 5.13 Å². The molecule has 4 heteroatoms. The fraction of sp³-hybridized carbons (Fsp3) is 0.471. The summed E-state index contributed by atoms with van der Waals surface area (Å²) in [4.78, 5) is 7.37. The SMILES string of the molecule is NC(Cc1csc(N2CC3CCC2C3)n1)c1ccccc1. The third-order valence-corrected chi connectivity index (χ3v) is 5.78. The van der Waals surface area contributed by atoms with Crippen LogP contribution in [-0.4, -0.2) is 17.6 Å². The lowest BCUT2D eigenvalue weighted by Crippen LogP contribution is -2.31. The van der Waals surface area contributed by atoms with Gasteiger partial charge in [0.1, 0.15) is 0 Å². The van der Waals surface area contributed by atoms with Gasteiger partial charge in [-0.3, -0.25) is 0 Å². The molecule has 2 N–H and O–H groups in total.